The molecule has 2 N–H and O–H groups in total. The zero-order valence-electron chi connectivity index (χ0n) is 10.9. The Balaban J connectivity index is 2.08. The van der Waals surface area contributed by atoms with Crippen LogP contribution in [0.4, 0.5) is 13.2 Å². The molecule has 0 unspecified atom stereocenters. The lowest BCUT2D eigenvalue weighted by molar-refractivity contribution is -0.140. The van der Waals surface area contributed by atoms with Crippen molar-refractivity contribution < 1.29 is 27.9 Å². The molecule has 0 radical (unpaired) electrons. The first kappa shape index (κ1) is 15.3. The third-order valence-electron chi connectivity index (χ3n) is 3.50. The summed E-state index contributed by atoms with van der Waals surface area (Å²) in [5.41, 5.74) is -1.92. The molecule has 0 spiro atoms. The number of amides is 1. The van der Waals surface area contributed by atoms with Crippen molar-refractivity contribution in [2.45, 2.75) is 37.4 Å². The summed E-state index contributed by atoms with van der Waals surface area (Å²) >= 11 is 0. The van der Waals surface area contributed by atoms with Gasteiger partial charge in [-0.25, -0.2) is 0 Å². The van der Waals surface area contributed by atoms with E-state index in [1.54, 1.807) is 0 Å². The molecule has 0 atom stereocenters. The molecule has 1 heterocycles. The van der Waals surface area contributed by atoms with Crippen LogP contribution in [0.1, 0.15) is 41.7 Å². The highest BCUT2D eigenvalue weighted by molar-refractivity contribution is 5.93. The number of halogens is 3. The minimum absolute atomic E-state index is 0.167. The summed E-state index contributed by atoms with van der Waals surface area (Å²) in [4.78, 5) is 26.2. The van der Waals surface area contributed by atoms with Gasteiger partial charge in [-0.3, -0.25) is 14.6 Å². The predicted octanol–water partition coefficient (Wildman–Crippen LogP) is 2.23. The number of hydrogen-bond donors (Lipinski definition) is 2. The predicted molar refractivity (Wildman–Crippen MR) is 65.5 cm³/mol. The third-order valence-corrected chi connectivity index (χ3v) is 3.50. The monoisotopic (exact) mass is 302 g/mol. The standard InChI is InChI=1S/C13H13F3N2O3/c14-13(15,16)8-2-3-9(17-7-8)11(21)18-12(4-1-5-12)6-10(19)20/h2-3,7H,1,4-6H2,(H,18,21)(H,19,20). The molecule has 8 heteroatoms. The normalized spacial score (nSPS) is 16.9. The molecule has 5 nitrogen and oxygen atoms in total. The van der Waals surface area contributed by atoms with Gasteiger partial charge in [0.15, 0.2) is 0 Å². The summed E-state index contributed by atoms with van der Waals surface area (Å²) in [7, 11) is 0. The number of carboxylic acids is 1. The molecular weight excluding hydrogens is 289 g/mol. The van der Waals surface area contributed by atoms with E-state index in [4.69, 9.17) is 5.11 Å². The van der Waals surface area contributed by atoms with Gasteiger partial charge in [0.05, 0.1) is 17.5 Å². The van der Waals surface area contributed by atoms with Crippen LogP contribution in [0.25, 0.3) is 0 Å². The van der Waals surface area contributed by atoms with Gasteiger partial charge in [0.25, 0.3) is 5.91 Å². The molecule has 1 amide bonds. The van der Waals surface area contributed by atoms with Crippen LogP contribution < -0.4 is 5.32 Å². The summed E-state index contributed by atoms with van der Waals surface area (Å²) in [5, 5.41) is 11.4. The van der Waals surface area contributed by atoms with Crippen molar-refractivity contribution in [3.8, 4) is 0 Å². The number of carbonyl (C=O) groups excluding carboxylic acids is 1. The Kier molecular flexibility index (Phi) is 3.89. The Hall–Kier alpha value is -2.12. The Bertz CT molecular complexity index is 551. The van der Waals surface area contributed by atoms with Crippen molar-refractivity contribution in [1.29, 1.82) is 0 Å². The van der Waals surface area contributed by atoms with Crippen LogP contribution in [0.2, 0.25) is 0 Å². The quantitative estimate of drug-likeness (QED) is 0.894. The largest absolute Gasteiger partial charge is 0.481 e. The van der Waals surface area contributed by atoms with E-state index in [1.807, 2.05) is 0 Å². The molecule has 0 aromatic carbocycles. The molecule has 114 valence electrons. The second-order valence-electron chi connectivity index (χ2n) is 5.09. The Morgan fingerprint density at radius 3 is 2.38 bits per heavy atom. The number of carboxylic acid groups (broad SMARTS) is 1. The average Bonchev–Trinajstić information content (AvgIpc) is 2.34. The first-order valence-electron chi connectivity index (χ1n) is 6.29. The van der Waals surface area contributed by atoms with E-state index in [9.17, 15) is 22.8 Å². The van der Waals surface area contributed by atoms with Crippen LogP contribution in [0.15, 0.2) is 18.3 Å². The van der Waals surface area contributed by atoms with E-state index in [2.05, 4.69) is 10.3 Å². The number of hydrogen-bond acceptors (Lipinski definition) is 3. The molecular formula is C13H13F3N2O3. The van der Waals surface area contributed by atoms with Crippen molar-refractivity contribution >= 4 is 11.9 Å². The van der Waals surface area contributed by atoms with E-state index in [1.165, 1.54) is 0 Å². The summed E-state index contributed by atoms with van der Waals surface area (Å²) in [5.74, 6) is -1.69. The number of rotatable bonds is 4. The summed E-state index contributed by atoms with van der Waals surface area (Å²) in [6, 6.07) is 1.75. The van der Waals surface area contributed by atoms with Crippen LogP contribution in [-0.4, -0.2) is 27.5 Å². The molecule has 2 rings (SSSR count). The first-order chi connectivity index (χ1) is 9.72. The topological polar surface area (TPSA) is 79.3 Å². The van der Waals surface area contributed by atoms with E-state index in [0.29, 0.717) is 19.0 Å². The number of carbonyl (C=O) groups is 2. The van der Waals surface area contributed by atoms with Gasteiger partial charge in [0, 0.05) is 6.20 Å². The molecule has 1 aliphatic rings. The molecule has 1 aromatic rings. The highest BCUT2D eigenvalue weighted by Crippen LogP contribution is 2.35. The summed E-state index contributed by atoms with van der Waals surface area (Å²) < 4.78 is 37.2. The average molecular weight is 302 g/mol. The molecule has 1 fully saturated rings. The molecule has 1 saturated carbocycles. The number of aromatic nitrogens is 1. The molecule has 1 aliphatic carbocycles. The maximum absolute atomic E-state index is 12.4. The van der Waals surface area contributed by atoms with Crippen LogP contribution in [0.3, 0.4) is 0 Å². The summed E-state index contributed by atoms with van der Waals surface area (Å²) in [6.45, 7) is 0. The van der Waals surface area contributed by atoms with Gasteiger partial charge in [-0.15, -0.1) is 0 Å². The van der Waals surface area contributed by atoms with E-state index < -0.39 is 29.2 Å². The summed E-state index contributed by atoms with van der Waals surface area (Å²) in [6.07, 6.45) is -2.27. The van der Waals surface area contributed by atoms with E-state index in [-0.39, 0.29) is 12.1 Å². The molecule has 0 aliphatic heterocycles. The van der Waals surface area contributed by atoms with Crippen molar-refractivity contribution in [3.63, 3.8) is 0 Å². The van der Waals surface area contributed by atoms with Gasteiger partial charge < -0.3 is 10.4 Å². The number of pyridine rings is 1. The maximum atomic E-state index is 12.4. The highest BCUT2D eigenvalue weighted by Gasteiger charge is 2.40. The fourth-order valence-electron chi connectivity index (χ4n) is 2.24. The number of nitrogens with zero attached hydrogens (tertiary/aromatic N) is 1. The molecule has 0 saturated heterocycles. The van der Waals surface area contributed by atoms with Gasteiger partial charge in [0.1, 0.15) is 5.69 Å². The Morgan fingerprint density at radius 2 is 2.00 bits per heavy atom. The Morgan fingerprint density at radius 1 is 1.33 bits per heavy atom. The highest BCUT2D eigenvalue weighted by atomic mass is 19.4. The van der Waals surface area contributed by atoms with Gasteiger partial charge in [-0.05, 0) is 31.4 Å². The van der Waals surface area contributed by atoms with Crippen LogP contribution in [-0.2, 0) is 11.0 Å². The van der Waals surface area contributed by atoms with Crippen molar-refractivity contribution in [2.75, 3.05) is 0 Å². The third kappa shape index (κ3) is 3.50. The van der Waals surface area contributed by atoms with Gasteiger partial charge >= 0.3 is 12.1 Å². The van der Waals surface area contributed by atoms with Gasteiger partial charge in [-0.1, -0.05) is 0 Å². The maximum Gasteiger partial charge on any atom is 0.417 e. The zero-order chi connectivity index (χ0) is 15.7. The van der Waals surface area contributed by atoms with Gasteiger partial charge in [-0.2, -0.15) is 13.2 Å². The number of aliphatic carboxylic acids is 1. The lowest BCUT2D eigenvalue weighted by Crippen LogP contribution is -2.54. The fourth-order valence-corrected chi connectivity index (χ4v) is 2.24. The zero-order valence-corrected chi connectivity index (χ0v) is 10.9. The lowest BCUT2D eigenvalue weighted by Gasteiger charge is -2.41. The van der Waals surface area contributed by atoms with Gasteiger partial charge in [0.2, 0.25) is 0 Å². The second kappa shape index (κ2) is 5.34. The van der Waals surface area contributed by atoms with Crippen LogP contribution >= 0.6 is 0 Å². The smallest absolute Gasteiger partial charge is 0.417 e. The first-order valence-corrected chi connectivity index (χ1v) is 6.29. The molecule has 0 bridgehead atoms. The Labute approximate surface area is 118 Å². The molecule has 1 aromatic heterocycles. The van der Waals surface area contributed by atoms with Crippen LogP contribution in [0.5, 0.6) is 0 Å². The number of alkyl halides is 3. The van der Waals surface area contributed by atoms with Crippen molar-refractivity contribution in [3.05, 3.63) is 29.6 Å². The minimum Gasteiger partial charge on any atom is -0.481 e. The minimum atomic E-state index is -4.51. The number of nitrogens with one attached hydrogen (secondary N) is 1. The SMILES string of the molecule is O=C(O)CC1(NC(=O)c2ccc(C(F)(F)F)cn2)CCC1. The second-order valence-corrected chi connectivity index (χ2v) is 5.09. The van der Waals surface area contributed by atoms with E-state index in [0.717, 1.165) is 18.6 Å². The lowest BCUT2D eigenvalue weighted by atomic mass is 9.74. The van der Waals surface area contributed by atoms with Crippen LogP contribution in [0, 0.1) is 0 Å². The van der Waals surface area contributed by atoms with E-state index >= 15 is 0 Å². The van der Waals surface area contributed by atoms with Crippen molar-refractivity contribution in [1.82, 2.24) is 10.3 Å². The molecule has 21 heavy (non-hydrogen) atoms. The fraction of sp³-hybridized carbons (Fsp3) is 0.462. The van der Waals surface area contributed by atoms with Crippen molar-refractivity contribution in [2.24, 2.45) is 0 Å².